The first-order chi connectivity index (χ1) is 9.05. The number of rotatable bonds is 4. The number of alkyl halides is 3. The van der Waals surface area contributed by atoms with E-state index in [1.54, 1.807) is 22.6 Å². The number of hydrogen-bond acceptors (Lipinski definition) is 5. The topological polar surface area (TPSA) is 69.7 Å². The zero-order valence-electron chi connectivity index (χ0n) is 9.90. The van der Waals surface area contributed by atoms with Crippen molar-refractivity contribution in [1.82, 2.24) is 0 Å². The summed E-state index contributed by atoms with van der Waals surface area (Å²) in [6.07, 6.45) is -0.213. The molecule has 0 unspecified atom stereocenters. The van der Waals surface area contributed by atoms with Gasteiger partial charge in [-0.3, -0.25) is 4.79 Å². The Kier molecular flexibility index (Phi) is 5.24. The lowest BCUT2D eigenvalue weighted by Gasteiger charge is -2.11. The van der Waals surface area contributed by atoms with Crippen LogP contribution in [0.1, 0.15) is 5.56 Å². The Hall–Kier alpha value is -1.04. The van der Waals surface area contributed by atoms with Crippen LogP contribution < -0.4 is 4.18 Å². The second kappa shape index (κ2) is 6.16. The molecule has 0 saturated heterocycles. The van der Waals surface area contributed by atoms with Crippen molar-refractivity contribution in [3.05, 3.63) is 27.3 Å². The van der Waals surface area contributed by atoms with Crippen LogP contribution in [0.4, 0.5) is 13.2 Å². The van der Waals surface area contributed by atoms with E-state index < -0.39 is 27.3 Å². The van der Waals surface area contributed by atoms with Gasteiger partial charge in [0.05, 0.1) is 13.5 Å². The molecule has 0 bridgehead atoms. The third-order valence-corrected chi connectivity index (χ3v) is 3.60. The molecule has 0 radical (unpaired) electrons. The van der Waals surface area contributed by atoms with Gasteiger partial charge < -0.3 is 8.92 Å². The number of methoxy groups -OCH3 is 1. The molecule has 0 aliphatic carbocycles. The Morgan fingerprint density at radius 2 is 1.90 bits per heavy atom. The molecular formula is C10H8F3IO5S. The van der Waals surface area contributed by atoms with Crippen molar-refractivity contribution in [2.45, 2.75) is 11.9 Å². The van der Waals surface area contributed by atoms with E-state index in [0.717, 1.165) is 19.2 Å². The van der Waals surface area contributed by atoms with Crippen LogP contribution >= 0.6 is 22.6 Å². The SMILES string of the molecule is COC(=O)Cc1cc(I)cc(OS(=O)(=O)C(F)(F)F)c1. The van der Waals surface area contributed by atoms with Gasteiger partial charge in [-0.05, 0) is 46.4 Å². The Balaban J connectivity index is 3.06. The molecule has 0 heterocycles. The van der Waals surface area contributed by atoms with Gasteiger partial charge in [-0.1, -0.05) is 0 Å². The molecule has 0 amide bonds. The summed E-state index contributed by atoms with van der Waals surface area (Å²) in [5.74, 6) is -1.13. The zero-order valence-corrected chi connectivity index (χ0v) is 12.9. The monoisotopic (exact) mass is 424 g/mol. The van der Waals surface area contributed by atoms with Crippen LogP contribution in [0.2, 0.25) is 0 Å². The second-order valence-electron chi connectivity index (χ2n) is 3.53. The highest BCUT2D eigenvalue weighted by Gasteiger charge is 2.48. The summed E-state index contributed by atoms with van der Waals surface area (Å²) in [4.78, 5) is 11.1. The summed E-state index contributed by atoms with van der Waals surface area (Å²) in [5, 5.41) is 0. The molecule has 10 heteroatoms. The normalized spacial score (nSPS) is 12.1. The molecule has 1 aromatic carbocycles. The average Bonchev–Trinajstić information content (AvgIpc) is 2.25. The Morgan fingerprint density at radius 1 is 1.30 bits per heavy atom. The van der Waals surface area contributed by atoms with Crippen molar-refractivity contribution in [1.29, 1.82) is 0 Å². The van der Waals surface area contributed by atoms with Gasteiger partial charge in [0.1, 0.15) is 5.75 Å². The molecule has 0 saturated carbocycles. The van der Waals surface area contributed by atoms with Crippen molar-refractivity contribution >= 4 is 38.7 Å². The van der Waals surface area contributed by atoms with E-state index in [4.69, 9.17) is 0 Å². The molecule has 112 valence electrons. The van der Waals surface area contributed by atoms with Crippen molar-refractivity contribution in [2.75, 3.05) is 7.11 Å². The Morgan fingerprint density at radius 3 is 2.40 bits per heavy atom. The van der Waals surface area contributed by atoms with E-state index in [-0.39, 0.29) is 12.0 Å². The van der Waals surface area contributed by atoms with Gasteiger partial charge in [-0.15, -0.1) is 0 Å². The highest BCUT2D eigenvalue weighted by atomic mass is 127. The molecular weight excluding hydrogens is 416 g/mol. The standard InChI is InChI=1S/C10H8F3IO5S/c1-18-9(15)4-6-2-7(14)5-8(3-6)19-20(16,17)10(11,12)13/h2-3,5H,4H2,1H3. The lowest BCUT2D eigenvalue weighted by atomic mass is 10.1. The van der Waals surface area contributed by atoms with E-state index in [2.05, 4.69) is 8.92 Å². The second-order valence-corrected chi connectivity index (χ2v) is 6.31. The third-order valence-electron chi connectivity index (χ3n) is 2.00. The number of hydrogen-bond donors (Lipinski definition) is 0. The molecule has 1 rings (SSSR count). The molecule has 1 aromatic rings. The summed E-state index contributed by atoms with van der Waals surface area (Å²) < 4.78 is 67.2. The van der Waals surface area contributed by atoms with Crippen molar-refractivity contribution in [3.63, 3.8) is 0 Å². The molecule has 0 fully saturated rings. The summed E-state index contributed by atoms with van der Waals surface area (Å²) in [6, 6.07) is 3.62. The van der Waals surface area contributed by atoms with Crippen LogP contribution in [0, 0.1) is 3.57 Å². The van der Waals surface area contributed by atoms with E-state index >= 15 is 0 Å². The van der Waals surface area contributed by atoms with Crippen LogP contribution in [0.15, 0.2) is 18.2 Å². The minimum Gasteiger partial charge on any atom is -0.469 e. The van der Waals surface area contributed by atoms with Crippen molar-refractivity contribution < 1.29 is 35.3 Å². The van der Waals surface area contributed by atoms with Crippen LogP contribution in [0.5, 0.6) is 5.75 Å². The van der Waals surface area contributed by atoms with Crippen LogP contribution in [-0.4, -0.2) is 27.0 Å². The van der Waals surface area contributed by atoms with E-state index in [9.17, 15) is 26.4 Å². The quantitative estimate of drug-likeness (QED) is 0.321. The van der Waals surface area contributed by atoms with Gasteiger partial charge in [0.25, 0.3) is 0 Å². The van der Waals surface area contributed by atoms with Crippen LogP contribution in [0.25, 0.3) is 0 Å². The maximum Gasteiger partial charge on any atom is 0.534 e. The van der Waals surface area contributed by atoms with Gasteiger partial charge in [-0.25, -0.2) is 0 Å². The first-order valence-corrected chi connectivity index (χ1v) is 7.41. The van der Waals surface area contributed by atoms with Crippen molar-refractivity contribution in [3.8, 4) is 5.75 Å². The van der Waals surface area contributed by atoms with E-state index in [1.165, 1.54) is 6.07 Å². The fourth-order valence-electron chi connectivity index (χ4n) is 1.18. The first kappa shape index (κ1) is 17.0. The number of benzene rings is 1. The number of carbonyl (C=O) groups is 1. The predicted octanol–water partition coefficient (Wildman–Crippen LogP) is 2.24. The predicted molar refractivity (Wildman–Crippen MR) is 70.5 cm³/mol. The van der Waals surface area contributed by atoms with Gasteiger partial charge in [0.15, 0.2) is 0 Å². The lowest BCUT2D eigenvalue weighted by molar-refractivity contribution is -0.139. The highest BCUT2D eigenvalue weighted by molar-refractivity contribution is 14.1. The maximum absolute atomic E-state index is 12.2. The Bertz CT molecular complexity index is 612. The molecule has 0 atom stereocenters. The van der Waals surface area contributed by atoms with Gasteiger partial charge >= 0.3 is 21.6 Å². The van der Waals surface area contributed by atoms with E-state index in [0.29, 0.717) is 3.57 Å². The minimum atomic E-state index is -5.74. The minimum absolute atomic E-state index is 0.213. The fourth-order valence-corrected chi connectivity index (χ4v) is 2.33. The third kappa shape index (κ3) is 4.51. The molecule has 0 spiro atoms. The smallest absolute Gasteiger partial charge is 0.469 e. The Labute approximate surface area is 126 Å². The number of ether oxygens (including phenoxy) is 1. The molecule has 0 aromatic heterocycles. The number of carbonyl (C=O) groups excluding carboxylic acids is 1. The number of esters is 1. The molecule has 0 N–H and O–H groups in total. The largest absolute Gasteiger partial charge is 0.534 e. The summed E-state index contributed by atoms with van der Waals surface area (Å²) in [6.45, 7) is 0. The first-order valence-electron chi connectivity index (χ1n) is 4.92. The molecule has 0 aliphatic heterocycles. The maximum atomic E-state index is 12.2. The summed E-state index contributed by atoms with van der Waals surface area (Å²) in [5.41, 5.74) is -5.24. The van der Waals surface area contributed by atoms with Gasteiger partial charge in [0.2, 0.25) is 0 Å². The fraction of sp³-hybridized carbons (Fsp3) is 0.300. The van der Waals surface area contributed by atoms with E-state index in [1.807, 2.05) is 0 Å². The van der Waals surface area contributed by atoms with Gasteiger partial charge in [-0.2, -0.15) is 21.6 Å². The summed E-state index contributed by atoms with van der Waals surface area (Å²) >= 11 is 1.75. The van der Waals surface area contributed by atoms with Crippen LogP contribution in [0.3, 0.4) is 0 Å². The van der Waals surface area contributed by atoms with Crippen molar-refractivity contribution in [2.24, 2.45) is 0 Å². The zero-order chi connectivity index (χ0) is 15.6. The summed E-state index contributed by atoms with van der Waals surface area (Å²) in [7, 11) is -4.58. The highest BCUT2D eigenvalue weighted by Crippen LogP contribution is 2.28. The lowest BCUT2D eigenvalue weighted by Crippen LogP contribution is -2.28. The van der Waals surface area contributed by atoms with Crippen LogP contribution in [-0.2, 0) is 26.1 Å². The molecule has 0 aliphatic rings. The average molecular weight is 424 g/mol. The molecule has 20 heavy (non-hydrogen) atoms. The van der Waals surface area contributed by atoms with Gasteiger partial charge in [0, 0.05) is 3.57 Å². The number of halogens is 4. The molecule has 5 nitrogen and oxygen atoms in total.